The van der Waals surface area contributed by atoms with Gasteiger partial charge in [0.2, 0.25) is 0 Å². The zero-order chi connectivity index (χ0) is 16.4. The molecule has 2 N–H and O–H groups in total. The summed E-state index contributed by atoms with van der Waals surface area (Å²) in [5.41, 5.74) is 1.62. The lowest BCUT2D eigenvalue weighted by Crippen LogP contribution is -2.53. The van der Waals surface area contributed by atoms with E-state index in [-0.39, 0.29) is 17.7 Å². The van der Waals surface area contributed by atoms with Crippen LogP contribution >= 0.6 is 0 Å². The fraction of sp³-hybridized carbons (Fsp3) is 0.556. The highest BCUT2D eigenvalue weighted by Gasteiger charge is 2.45. The van der Waals surface area contributed by atoms with E-state index < -0.39 is 0 Å². The number of fused-ring (bicyclic) bond motifs is 1. The molecular formula is C18H24N4O2. The van der Waals surface area contributed by atoms with Gasteiger partial charge in [0.15, 0.2) is 0 Å². The summed E-state index contributed by atoms with van der Waals surface area (Å²) >= 11 is 0. The third-order valence-electron chi connectivity index (χ3n) is 5.28. The molecule has 4 rings (SSSR count). The first-order valence-electron chi connectivity index (χ1n) is 8.86. The van der Waals surface area contributed by atoms with E-state index in [4.69, 9.17) is 4.74 Å². The molecule has 1 aliphatic heterocycles. The van der Waals surface area contributed by atoms with Crippen LogP contribution < -0.4 is 10.6 Å². The van der Waals surface area contributed by atoms with Gasteiger partial charge >= 0.3 is 6.03 Å². The molecule has 2 amide bonds. The molecule has 1 unspecified atom stereocenters. The Labute approximate surface area is 141 Å². The van der Waals surface area contributed by atoms with Gasteiger partial charge in [-0.05, 0) is 31.4 Å². The Kier molecular flexibility index (Phi) is 4.14. The van der Waals surface area contributed by atoms with Crippen molar-refractivity contribution in [2.75, 3.05) is 6.61 Å². The second kappa shape index (κ2) is 6.43. The molecule has 24 heavy (non-hydrogen) atoms. The Morgan fingerprint density at radius 2 is 2.21 bits per heavy atom. The quantitative estimate of drug-likeness (QED) is 0.910. The van der Waals surface area contributed by atoms with Gasteiger partial charge in [-0.2, -0.15) is 0 Å². The number of carbonyl (C=O) groups is 1. The van der Waals surface area contributed by atoms with E-state index in [9.17, 15) is 4.79 Å². The fourth-order valence-corrected chi connectivity index (χ4v) is 4.04. The van der Waals surface area contributed by atoms with E-state index in [1.807, 2.05) is 35.0 Å². The highest BCUT2D eigenvalue weighted by atomic mass is 16.5. The molecule has 6 heteroatoms. The molecule has 1 aliphatic carbocycles. The molecule has 0 bridgehead atoms. The number of imidazole rings is 1. The molecule has 3 heterocycles. The van der Waals surface area contributed by atoms with Crippen molar-refractivity contribution in [2.24, 2.45) is 0 Å². The molecule has 2 fully saturated rings. The molecular weight excluding hydrogens is 304 g/mol. The van der Waals surface area contributed by atoms with Gasteiger partial charge in [-0.15, -0.1) is 0 Å². The Balaban J connectivity index is 1.34. The average molecular weight is 328 g/mol. The minimum atomic E-state index is -0.132. The van der Waals surface area contributed by atoms with Crippen LogP contribution in [0.1, 0.15) is 44.2 Å². The van der Waals surface area contributed by atoms with Crippen molar-refractivity contribution in [1.82, 2.24) is 20.0 Å². The molecule has 6 nitrogen and oxygen atoms in total. The van der Waals surface area contributed by atoms with Crippen LogP contribution in [0.25, 0.3) is 5.65 Å². The van der Waals surface area contributed by atoms with Gasteiger partial charge in [0, 0.05) is 19.0 Å². The van der Waals surface area contributed by atoms with E-state index >= 15 is 0 Å². The van der Waals surface area contributed by atoms with Gasteiger partial charge in [-0.3, -0.25) is 0 Å². The summed E-state index contributed by atoms with van der Waals surface area (Å²) in [5, 5.41) is 6.06. The molecule has 1 atom stereocenters. The van der Waals surface area contributed by atoms with Crippen LogP contribution in [-0.4, -0.2) is 33.7 Å². The Hall–Kier alpha value is -2.08. The molecule has 0 radical (unpaired) electrons. The molecule has 0 aromatic carbocycles. The van der Waals surface area contributed by atoms with E-state index in [1.54, 1.807) is 0 Å². The monoisotopic (exact) mass is 328 g/mol. The van der Waals surface area contributed by atoms with Gasteiger partial charge in [-0.25, -0.2) is 9.78 Å². The number of nitrogens with one attached hydrogen (secondary N) is 2. The number of aromatic nitrogens is 2. The summed E-state index contributed by atoms with van der Waals surface area (Å²) < 4.78 is 7.99. The van der Waals surface area contributed by atoms with Crippen molar-refractivity contribution in [1.29, 1.82) is 0 Å². The standard InChI is InChI=1S/C18H24N4O2/c23-17(19-12-14-13-22-10-5-2-6-16(22)20-14)21-15-7-11-24-18(15)8-3-1-4-9-18/h2,5-6,10,13,15H,1,3-4,7-9,11-12H2,(H2,19,21,23). The zero-order valence-corrected chi connectivity index (χ0v) is 13.8. The van der Waals surface area contributed by atoms with Crippen molar-refractivity contribution >= 4 is 11.7 Å². The zero-order valence-electron chi connectivity index (χ0n) is 13.8. The third kappa shape index (κ3) is 2.98. The summed E-state index contributed by atoms with van der Waals surface area (Å²) in [7, 11) is 0. The maximum atomic E-state index is 12.3. The Morgan fingerprint density at radius 1 is 1.33 bits per heavy atom. The fourth-order valence-electron chi connectivity index (χ4n) is 4.04. The number of urea groups is 1. The number of carbonyl (C=O) groups excluding carboxylic acids is 1. The molecule has 1 saturated carbocycles. The number of amides is 2. The number of rotatable bonds is 3. The smallest absolute Gasteiger partial charge is 0.315 e. The molecule has 2 aromatic rings. The van der Waals surface area contributed by atoms with E-state index in [1.165, 1.54) is 19.3 Å². The molecule has 128 valence electrons. The predicted molar refractivity (Wildman–Crippen MR) is 90.7 cm³/mol. The number of nitrogens with zero attached hydrogens (tertiary/aromatic N) is 2. The lowest BCUT2D eigenvalue weighted by atomic mass is 9.80. The Morgan fingerprint density at radius 3 is 3.04 bits per heavy atom. The van der Waals surface area contributed by atoms with E-state index in [0.717, 1.165) is 37.2 Å². The first-order chi connectivity index (χ1) is 11.8. The summed E-state index contributed by atoms with van der Waals surface area (Å²) in [4.78, 5) is 16.8. The van der Waals surface area contributed by atoms with E-state index in [0.29, 0.717) is 6.54 Å². The van der Waals surface area contributed by atoms with E-state index in [2.05, 4.69) is 15.6 Å². The van der Waals surface area contributed by atoms with Crippen LogP contribution in [0.5, 0.6) is 0 Å². The van der Waals surface area contributed by atoms with Gasteiger partial charge in [0.25, 0.3) is 0 Å². The van der Waals surface area contributed by atoms with Crippen LogP contribution in [-0.2, 0) is 11.3 Å². The molecule has 2 aliphatic rings. The summed E-state index contributed by atoms with van der Waals surface area (Å²) in [6.45, 7) is 1.17. The number of ether oxygens (including phenoxy) is 1. The summed E-state index contributed by atoms with van der Waals surface area (Å²) in [6.07, 6.45) is 10.6. The van der Waals surface area contributed by atoms with Crippen molar-refractivity contribution in [3.05, 3.63) is 36.3 Å². The van der Waals surface area contributed by atoms with Gasteiger partial charge in [-0.1, -0.05) is 25.3 Å². The lowest BCUT2D eigenvalue weighted by Gasteiger charge is -2.37. The highest BCUT2D eigenvalue weighted by Crippen LogP contribution is 2.39. The molecule has 2 aromatic heterocycles. The van der Waals surface area contributed by atoms with Gasteiger partial charge in [0.1, 0.15) is 5.65 Å². The van der Waals surface area contributed by atoms with Crippen LogP contribution in [0.15, 0.2) is 30.6 Å². The number of hydrogen-bond acceptors (Lipinski definition) is 3. The maximum absolute atomic E-state index is 12.3. The van der Waals surface area contributed by atoms with Crippen LogP contribution in [0.2, 0.25) is 0 Å². The summed E-state index contributed by atoms with van der Waals surface area (Å²) in [6, 6.07) is 5.86. The lowest BCUT2D eigenvalue weighted by molar-refractivity contribution is -0.0367. The predicted octanol–water partition coefficient (Wildman–Crippen LogP) is 2.63. The largest absolute Gasteiger partial charge is 0.373 e. The second-order valence-corrected chi connectivity index (χ2v) is 6.84. The number of hydrogen-bond donors (Lipinski definition) is 2. The van der Waals surface area contributed by atoms with Crippen LogP contribution in [0, 0.1) is 0 Å². The van der Waals surface area contributed by atoms with Gasteiger partial charge in [0.05, 0.1) is 23.9 Å². The number of pyridine rings is 1. The highest BCUT2D eigenvalue weighted by molar-refractivity contribution is 5.74. The third-order valence-corrected chi connectivity index (χ3v) is 5.28. The second-order valence-electron chi connectivity index (χ2n) is 6.84. The normalized spacial score (nSPS) is 22.8. The van der Waals surface area contributed by atoms with Gasteiger partial charge < -0.3 is 19.8 Å². The van der Waals surface area contributed by atoms with Crippen molar-refractivity contribution in [2.45, 2.75) is 56.7 Å². The van der Waals surface area contributed by atoms with Crippen molar-refractivity contribution < 1.29 is 9.53 Å². The first kappa shape index (κ1) is 15.4. The summed E-state index contributed by atoms with van der Waals surface area (Å²) in [5.74, 6) is 0. The van der Waals surface area contributed by atoms with Crippen LogP contribution in [0.3, 0.4) is 0 Å². The SMILES string of the molecule is O=C(NCc1cn2ccccc2n1)NC1CCOC12CCCCC2. The molecule has 1 spiro atoms. The maximum Gasteiger partial charge on any atom is 0.315 e. The minimum absolute atomic E-state index is 0.124. The molecule has 1 saturated heterocycles. The van der Waals surface area contributed by atoms with Crippen molar-refractivity contribution in [3.63, 3.8) is 0 Å². The Bertz CT molecular complexity index is 688. The van der Waals surface area contributed by atoms with Crippen molar-refractivity contribution in [3.8, 4) is 0 Å². The van der Waals surface area contributed by atoms with Crippen LogP contribution in [0.4, 0.5) is 4.79 Å². The average Bonchev–Trinajstić information content (AvgIpc) is 3.18. The minimum Gasteiger partial charge on any atom is -0.373 e. The topological polar surface area (TPSA) is 67.7 Å². The first-order valence-corrected chi connectivity index (χ1v) is 8.86.